The average Bonchev–Trinajstić information content (AvgIpc) is 2.76. The van der Waals surface area contributed by atoms with Crippen LogP contribution in [0.5, 0.6) is 5.75 Å². The van der Waals surface area contributed by atoms with Crippen LogP contribution in [-0.2, 0) is 10.0 Å². The molecule has 1 saturated heterocycles. The molecule has 0 spiro atoms. The molecule has 1 aliphatic heterocycles. The Hall–Kier alpha value is -2.39. The monoisotopic (exact) mass is 419 g/mol. The summed E-state index contributed by atoms with van der Waals surface area (Å²) in [5, 5.41) is 8.65. The first-order chi connectivity index (χ1) is 14.0. The van der Waals surface area contributed by atoms with Gasteiger partial charge in [0.05, 0.1) is 5.75 Å². The lowest BCUT2D eigenvalue weighted by Crippen LogP contribution is -2.50. The van der Waals surface area contributed by atoms with Crippen molar-refractivity contribution in [1.82, 2.24) is 14.5 Å². The summed E-state index contributed by atoms with van der Waals surface area (Å²) in [4.78, 5) is 4.21. The molecular formula is C20H29N5O3S. The van der Waals surface area contributed by atoms with Crippen molar-refractivity contribution in [2.24, 2.45) is 0 Å². The Kier molecular flexibility index (Phi) is 7.27. The zero-order valence-electron chi connectivity index (χ0n) is 17.1. The van der Waals surface area contributed by atoms with Crippen molar-refractivity contribution >= 4 is 21.7 Å². The number of benzene rings is 1. The van der Waals surface area contributed by atoms with E-state index in [1.54, 1.807) is 0 Å². The van der Waals surface area contributed by atoms with Gasteiger partial charge in [-0.2, -0.15) is 4.31 Å². The number of hydrogen-bond donors (Lipinski definition) is 0. The SMILES string of the molecule is CCN(CC)c1ccc(N2CCN(S(=O)(=O)CCOc3ccccc3)CC2)nn1. The number of hydrogen-bond acceptors (Lipinski definition) is 7. The van der Waals surface area contributed by atoms with Crippen molar-refractivity contribution in [2.45, 2.75) is 13.8 Å². The molecule has 0 unspecified atom stereocenters. The Balaban J connectivity index is 1.50. The number of sulfonamides is 1. The van der Waals surface area contributed by atoms with E-state index in [2.05, 4.69) is 33.8 Å². The topological polar surface area (TPSA) is 78.9 Å². The first-order valence-corrected chi connectivity index (χ1v) is 11.6. The second-order valence-corrected chi connectivity index (χ2v) is 8.87. The molecule has 1 fully saturated rings. The van der Waals surface area contributed by atoms with E-state index in [4.69, 9.17) is 4.74 Å². The smallest absolute Gasteiger partial charge is 0.217 e. The van der Waals surface area contributed by atoms with Gasteiger partial charge < -0.3 is 14.5 Å². The van der Waals surface area contributed by atoms with E-state index in [1.807, 2.05) is 42.5 Å². The molecule has 0 atom stereocenters. The minimum absolute atomic E-state index is 0.0275. The second kappa shape index (κ2) is 9.89. The molecule has 2 aromatic rings. The molecule has 0 amide bonds. The number of aromatic nitrogens is 2. The first-order valence-electron chi connectivity index (χ1n) is 10.0. The van der Waals surface area contributed by atoms with Crippen LogP contribution in [0, 0.1) is 0 Å². The standard InChI is InChI=1S/C20H29N5O3S/c1-3-23(4-2)19-10-11-20(22-21-19)24-12-14-25(15-13-24)29(26,27)17-16-28-18-8-6-5-7-9-18/h5-11H,3-4,12-17H2,1-2H3. The number of rotatable bonds is 9. The van der Waals surface area contributed by atoms with Crippen molar-refractivity contribution in [2.75, 3.05) is 61.4 Å². The molecule has 2 heterocycles. The Bertz CT molecular complexity index is 849. The van der Waals surface area contributed by atoms with Gasteiger partial charge >= 0.3 is 0 Å². The van der Waals surface area contributed by atoms with Gasteiger partial charge in [0.25, 0.3) is 0 Å². The minimum Gasteiger partial charge on any atom is -0.492 e. The van der Waals surface area contributed by atoms with Crippen molar-refractivity contribution < 1.29 is 13.2 Å². The summed E-state index contributed by atoms with van der Waals surface area (Å²) >= 11 is 0. The van der Waals surface area contributed by atoms with Crippen molar-refractivity contribution in [1.29, 1.82) is 0 Å². The Morgan fingerprint density at radius 1 is 0.966 bits per heavy atom. The fourth-order valence-electron chi connectivity index (χ4n) is 3.31. The van der Waals surface area contributed by atoms with E-state index in [9.17, 15) is 8.42 Å². The van der Waals surface area contributed by atoms with Crippen LogP contribution in [0.4, 0.5) is 11.6 Å². The number of nitrogens with zero attached hydrogens (tertiary/aromatic N) is 5. The Morgan fingerprint density at radius 3 is 2.24 bits per heavy atom. The van der Waals surface area contributed by atoms with Gasteiger partial charge in [-0.05, 0) is 38.1 Å². The number of para-hydroxylation sites is 1. The minimum atomic E-state index is -3.34. The first kappa shape index (κ1) is 21.3. The lowest BCUT2D eigenvalue weighted by atomic mass is 10.3. The zero-order chi connectivity index (χ0) is 20.7. The van der Waals surface area contributed by atoms with E-state index in [1.165, 1.54) is 4.31 Å². The number of anilines is 2. The van der Waals surface area contributed by atoms with Crippen LogP contribution in [0.3, 0.4) is 0 Å². The highest BCUT2D eigenvalue weighted by molar-refractivity contribution is 7.89. The summed E-state index contributed by atoms with van der Waals surface area (Å²) in [6.07, 6.45) is 0. The zero-order valence-corrected chi connectivity index (χ0v) is 17.9. The predicted octanol–water partition coefficient (Wildman–Crippen LogP) is 1.85. The maximum Gasteiger partial charge on any atom is 0.217 e. The van der Waals surface area contributed by atoms with Gasteiger partial charge in [0.2, 0.25) is 10.0 Å². The van der Waals surface area contributed by atoms with Crippen LogP contribution in [0.15, 0.2) is 42.5 Å². The van der Waals surface area contributed by atoms with Crippen molar-refractivity contribution in [3.05, 3.63) is 42.5 Å². The largest absolute Gasteiger partial charge is 0.492 e. The lowest BCUT2D eigenvalue weighted by molar-refractivity contribution is 0.331. The van der Waals surface area contributed by atoms with Crippen molar-refractivity contribution in [3.8, 4) is 5.75 Å². The molecule has 8 nitrogen and oxygen atoms in total. The van der Waals surface area contributed by atoms with Gasteiger partial charge in [-0.3, -0.25) is 0 Å². The summed E-state index contributed by atoms with van der Waals surface area (Å²) in [5.74, 6) is 2.29. The Morgan fingerprint density at radius 2 is 1.66 bits per heavy atom. The molecule has 1 aromatic carbocycles. The third-order valence-corrected chi connectivity index (χ3v) is 6.87. The average molecular weight is 420 g/mol. The van der Waals surface area contributed by atoms with Crippen LogP contribution in [0.1, 0.15) is 13.8 Å². The highest BCUT2D eigenvalue weighted by Crippen LogP contribution is 2.18. The van der Waals surface area contributed by atoms with Gasteiger partial charge in [-0.25, -0.2) is 8.42 Å². The molecule has 9 heteroatoms. The molecule has 1 aliphatic rings. The summed E-state index contributed by atoms with van der Waals surface area (Å²) < 4.78 is 32.3. The molecule has 0 aliphatic carbocycles. The summed E-state index contributed by atoms with van der Waals surface area (Å²) in [5.41, 5.74) is 0. The van der Waals surface area contributed by atoms with E-state index in [-0.39, 0.29) is 12.4 Å². The van der Waals surface area contributed by atoms with E-state index in [0.717, 1.165) is 24.7 Å². The maximum absolute atomic E-state index is 12.6. The summed E-state index contributed by atoms with van der Waals surface area (Å²) in [7, 11) is -3.34. The molecule has 1 aromatic heterocycles. The predicted molar refractivity (Wildman–Crippen MR) is 115 cm³/mol. The molecule has 3 rings (SSSR count). The van der Waals surface area contributed by atoms with E-state index < -0.39 is 10.0 Å². The Labute approximate surface area is 173 Å². The van der Waals surface area contributed by atoms with Crippen LogP contribution >= 0.6 is 0 Å². The highest BCUT2D eigenvalue weighted by atomic mass is 32.2. The fraction of sp³-hybridized carbons (Fsp3) is 0.500. The van der Waals surface area contributed by atoms with Crippen LogP contribution in [0.25, 0.3) is 0 Å². The third-order valence-electron chi connectivity index (χ3n) is 5.03. The number of ether oxygens (including phenoxy) is 1. The molecule has 158 valence electrons. The molecule has 29 heavy (non-hydrogen) atoms. The van der Waals surface area contributed by atoms with Crippen LogP contribution in [0.2, 0.25) is 0 Å². The van der Waals surface area contributed by atoms with Crippen LogP contribution in [-0.4, -0.2) is 74.5 Å². The third kappa shape index (κ3) is 5.57. The van der Waals surface area contributed by atoms with E-state index >= 15 is 0 Å². The molecular weight excluding hydrogens is 390 g/mol. The van der Waals surface area contributed by atoms with E-state index in [0.29, 0.717) is 31.9 Å². The fourth-order valence-corrected chi connectivity index (χ4v) is 4.58. The van der Waals surface area contributed by atoms with Gasteiger partial charge in [0.1, 0.15) is 12.4 Å². The summed E-state index contributed by atoms with van der Waals surface area (Å²) in [6, 6.07) is 13.2. The number of piperazine rings is 1. The van der Waals surface area contributed by atoms with Gasteiger partial charge in [0, 0.05) is 39.3 Å². The second-order valence-electron chi connectivity index (χ2n) is 6.79. The molecule has 0 saturated carbocycles. The van der Waals surface area contributed by atoms with Gasteiger partial charge in [-0.15, -0.1) is 10.2 Å². The normalized spacial score (nSPS) is 15.3. The van der Waals surface area contributed by atoms with Gasteiger partial charge in [-0.1, -0.05) is 18.2 Å². The van der Waals surface area contributed by atoms with Gasteiger partial charge in [0.15, 0.2) is 11.6 Å². The highest BCUT2D eigenvalue weighted by Gasteiger charge is 2.27. The molecule has 0 N–H and O–H groups in total. The quantitative estimate of drug-likeness (QED) is 0.614. The molecule has 0 radical (unpaired) electrons. The summed E-state index contributed by atoms with van der Waals surface area (Å²) in [6.45, 7) is 8.15. The van der Waals surface area contributed by atoms with Crippen LogP contribution < -0.4 is 14.5 Å². The molecule has 0 bridgehead atoms. The maximum atomic E-state index is 12.6. The van der Waals surface area contributed by atoms with Crippen molar-refractivity contribution in [3.63, 3.8) is 0 Å². The lowest BCUT2D eigenvalue weighted by Gasteiger charge is -2.34.